The summed E-state index contributed by atoms with van der Waals surface area (Å²) < 4.78 is 0. The molecule has 0 radical (unpaired) electrons. The predicted molar refractivity (Wildman–Crippen MR) is 53.2 cm³/mol. The third-order valence-corrected chi connectivity index (χ3v) is 2.13. The Morgan fingerprint density at radius 1 is 1.58 bits per heavy atom. The zero-order chi connectivity index (χ0) is 8.97. The molecule has 0 fully saturated rings. The van der Waals surface area contributed by atoms with Gasteiger partial charge >= 0.3 is 0 Å². The van der Waals surface area contributed by atoms with Gasteiger partial charge in [-0.1, -0.05) is 18.6 Å². The number of hydrogen-bond donors (Lipinski definition) is 1. The monoisotopic (exact) mass is 164 g/mol. The lowest BCUT2D eigenvalue weighted by atomic mass is 10.1. The Hall–Kier alpha value is -1.05. The average Bonchev–Trinajstić information content (AvgIpc) is 2.27. The molecule has 0 aliphatic carbocycles. The van der Waals surface area contributed by atoms with Gasteiger partial charge in [0.1, 0.15) is 5.84 Å². The van der Waals surface area contributed by atoms with Gasteiger partial charge in [0.15, 0.2) is 0 Å². The van der Waals surface area contributed by atoms with Gasteiger partial charge in [-0.15, -0.1) is 0 Å². The molecule has 0 aromatic carbocycles. The number of amidine groups is 1. The van der Waals surface area contributed by atoms with E-state index in [9.17, 15) is 0 Å². The van der Waals surface area contributed by atoms with Crippen molar-refractivity contribution in [3.05, 3.63) is 23.4 Å². The van der Waals surface area contributed by atoms with Crippen molar-refractivity contribution in [2.24, 2.45) is 4.99 Å². The predicted octanol–water partition coefficient (Wildman–Crippen LogP) is 2.25. The van der Waals surface area contributed by atoms with Gasteiger partial charge in [0.25, 0.3) is 0 Å². The minimum absolute atomic E-state index is 0.985. The van der Waals surface area contributed by atoms with Crippen LogP contribution in [0.25, 0.3) is 0 Å². The molecule has 2 heteroatoms. The summed E-state index contributed by atoms with van der Waals surface area (Å²) in [5, 5.41) is 3.20. The summed E-state index contributed by atoms with van der Waals surface area (Å²) in [7, 11) is 1.81. The standard InChI is InChI=1S/C10H16N2/c1-4-9-6-5-8(2)10(11-3)12-7-9/h5,7H,4,6H2,1-3H3,(H,11,12). The molecule has 0 unspecified atom stereocenters. The van der Waals surface area contributed by atoms with Crippen LogP contribution in [0.15, 0.2) is 28.4 Å². The van der Waals surface area contributed by atoms with Crippen LogP contribution < -0.4 is 5.32 Å². The van der Waals surface area contributed by atoms with Gasteiger partial charge in [0.05, 0.1) is 0 Å². The van der Waals surface area contributed by atoms with E-state index in [1.54, 1.807) is 0 Å². The molecule has 1 N–H and O–H groups in total. The summed E-state index contributed by atoms with van der Waals surface area (Å²) in [6, 6.07) is 0. The normalized spacial score (nSPS) is 21.1. The zero-order valence-electron chi connectivity index (χ0n) is 8.02. The largest absolute Gasteiger partial charge is 0.347 e. The highest BCUT2D eigenvalue weighted by Gasteiger charge is 2.03. The SMILES string of the molecule is CCC1=CNC(=NC)C(C)=CC1. The van der Waals surface area contributed by atoms with Crippen LogP contribution in [0.2, 0.25) is 0 Å². The zero-order valence-corrected chi connectivity index (χ0v) is 8.02. The first-order chi connectivity index (χ1) is 5.77. The molecule has 1 aliphatic heterocycles. The maximum atomic E-state index is 4.15. The van der Waals surface area contributed by atoms with Crippen LogP contribution in [0.4, 0.5) is 0 Å². The Morgan fingerprint density at radius 2 is 2.33 bits per heavy atom. The average molecular weight is 164 g/mol. The highest BCUT2D eigenvalue weighted by molar-refractivity contribution is 5.98. The molecule has 1 heterocycles. The number of hydrogen-bond acceptors (Lipinski definition) is 1. The van der Waals surface area contributed by atoms with Crippen LogP contribution >= 0.6 is 0 Å². The molecule has 0 bridgehead atoms. The van der Waals surface area contributed by atoms with Crippen molar-refractivity contribution < 1.29 is 0 Å². The molecule has 0 aromatic rings. The van der Waals surface area contributed by atoms with Gasteiger partial charge in [0.2, 0.25) is 0 Å². The summed E-state index contributed by atoms with van der Waals surface area (Å²) in [5.41, 5.74) is 2.66. The first-order valence-corrected chi connectivity index (χ1v) is 4.36. The maximum Gasteiger partial charge on any atom is 0.127 e. The number of aliphatic imine (C=N–C) groups is 1. The Kier molecular flexibility index (Phi) is 3.09. The molecular formula is C10H16N2. The highest BCUT2D eigenvalue weighted by atomic mass is 15.0. The molecule has 0 saturated carbocycles. The van der Waals surface area contributed by atoms with Crippen molar-refractivity contribution in [2.75, 3.05) is 7.05 Å². The molecular weight excluding hydrogens is 148 g/mol. The summed E-state index contributed by atoms with van der Waals surface area (Å²) in [4.78, 5) is 4.15. The second-order valence-electron chi connectivity index (χ2n) is 2.96. The second kappa shape index (κ2) is 4.10. The number of nitrogens with one attached hydrogen (secondary N) is 1. The van der Waals surface area contributed by atoms with Gasteiger partial charge in [0, 0.05) is 13.2 Å². The van der Waals surface area contributed by atoms with Gasteiger partial charge in [-0.2, -0.15) is 0 Å². The van der Waals surface area contributed by atoms with E-state index in [-0.39, 0.29) is 0 Å². The summed E-state index contributed by atoms with van der Waals surface area (Å²) in [5.74, 6) is 0.985. The van der Waals surface area contributed by atoms with Crippen LogP contribution in [0.5, 0.6) is 0 Å². The van der Waals surface area contributed by atoms with E-state index in [0.717, 1.165) is 18.7 Å². The van der Waals surface area contributed by atoms with E-state index in [2.05, 4.69) is 36.4 Å². The Balaban J connectivity index is 2.82. The van der Waals surface area contributed by atoms with Crippen LogP contribution in [0, 0.1) is 0 Å². The van der Waals surface area contributed by atoms with Crippen molar-refractivity contribution in [3.63, 3.8) is 0 Å². The van der Waals surface area contributed by atoms with Crippen LogP contribution in [-0.2, 0) is 0 Å². The molecule has 0 saturated heterocycles. The van der Waals surface area contributed by atoms with Crippen LogP contribution in [0.3, 0.4) is 0 Å². The Morgan fingerprint density at radius 3 is 2.92 bits per heavy atom. The van der Waals surface area contributed by atoms with Crippen LogP contribution in [-0.4, -0.2) is 12.9 Å². The van der Waals surface area contributed by atoms with Crippen molar-refractivity contribution >= 4 is 5.84 Å². The summed E-state index contributed by atoms with van der Waals surface area (Å²) in [6.45, 7) is 4.26. The van der Waals surface area contributed by atoms with Crippen molar-refractivity contribution in [1.29, 1.82) is 0 Å². The molecule has 0 spiro atoms. The lowest BCUT2D eigenvalue weighted by Gasteiger charge is -2.02. The molecule has 2 nitrogen and oxygen atoms in total. The lowest BCUT2D eigenvalue weighted by molar-refractivity contribution is 1.01. The lowest BCUT2D eigenvalue weighted by Crippen LogP contribution is -2.17. The number of allylic oxidation sites excluding steroid dienone is 2. The second-order valence-corrected chi connectivity index (χ2v) is 2.96. The van der Waals surface area contributed by atoms with E-state index >= 15 is 0 Å². The summed E-state index contributed by atoms with van der Waals surface area (Å²) >= 11 is 0. The molecule has 0 aromatic heterocycles. The fraction of sp³-hybridized carbons (Fsp3) is 0.500. The van der Waals surface area contributed by atoms with Crippen molar-refractivity contribution in [2.45, 2.75) is 26.7 Å². The first-order valence-electron chi connectivity index (χ1n) is 4.36. The molecule has 1 aliphatic rings. The fourth-order valence-electron chi connectivity index (χ4n) is 1.21. The fourth-order valence-corrected chi connectivity index (χ4v) is 1.21. The third-order valence-electron chi connectivity index (χ3n) is 2.13. The summed E-state index contributed by atoms with van der Waals surface area (Å²) in [6.07, 6.45) is 6.44. The van der Waals surface area contributed by atoms with E-state index in [0.29, 0.717) is 0 Å². The number of nitrogens with zero attached hydrogens (tertiary/aromatic N) is 1. The Bertz CT molecular complexity index is 247. The smallest absolute Gasteiger partial charge is 0.127 e. The molecule has 0 amide bonds. The topological polar surface area (TPSA) is 24.4 Å². The Labute approximate surface area is 74.1 Å². The molecule has 1 rings (SSSR count). The van der Waals surface area contributed by atoms with Crippen molar-refractivity contribution in [3.8, 4) is 0 Å². The minimum atomic E-state index is 0.985. The molecule has 0 atom stereocenters. The highest BCUT2D eigenvalue weighted by Crippen LogP contribution is 2.12. The van der Waals surface area contributed by atoms with Gasteiger partial charge < -0.3 is 5.32 Å². The van der Waals surface area contributed by atoms with Gasteiger partial charge in [-0.3, -0.25) is 4.99 Å². The minimum Gasteiger partial charge on any atom is -0.347 e. The molecule has 12 heavy (non-hydrogen) atoms. The van der Waals surface area contributed by atoms with E-state index in [4.69, 9.17) is 0 Å². The maximum absolute atomic E-state index is 4.15. The van der Waals surface area contributed by atoms with Crippen molar-refractivity contribution in [1.82, 2.24) is 5.32 Å². The first kappa shape index (κ1) is 9.04. The van der Waals surface area contributed by atoms with E-state index < -0.39 is 0 Å². The van der Waals surface area contributed by atoms with E-state index in [1.807, 2.05) is 7.05 Å². The number of rotatable bonds is 1. The van der Waals surface area contributed by atoms with Gasteiger partial charge in [-0.25, -0.2) is 0 Å². The van der Waals surface area contributed by atoms with Gasteiger partial charge in [-0.05, 0) is 25.3 Å². The van der Waals surface area contributed by atoms with Crippen LogP contribution in [0.1, 0.15) is 26.7 Å². The third kappa shape index (κ3) is 1.97. The molecule has 66 valence electrons. The van der Waals surface area contributed by atoms with E-state index in [1.165, 1.54) is 11.1 Å². The quantitative estimate of drug-likeness (QED) is 0.631.